The molecule has 1 aromatic carbocycles. The van der Waals surface area contributed by atoms with Gasteiger partial charge < -0.3 is 15.2 Å². The summed E-state index contributed by atoms with van der Waals surface area (Å²) in [4.78, 5) is 0. The summed E-state index contributed by atoms with van der Waals surface area (Å²) in [6.07, 6.45) is -0.131. The topological polar surface area (TPSA) is 41.5 Å². The molecule has 2 rings (SSSR count). The SMILES string of the molecule is OCC1CNc2cc(Br)ccc2O1. The zero-order valence-corrected chi connectivity index (χ0v) is 8.54. The zero-order valence-electron chi connectivity index (χ0n) is 6.96. The first-order valence-corrected chi connectivity index (χ1v) is 4.90. The van der Waals surface area contributed by atoms with Gasteiger partial charge in [0.25, 0.3) is 0 Å². The molecule has 1 atom stereocenters. The van der Waals surface area contributed by atoms with E-state index in [4.69, 9.17) is 9.84 Å². The summed E-state index contributed by atoms with van der Waals surface area (Å²) in [7, 11) is 0. The Morgan fingerprint density at radius 1 is 1.62 bits per heavy atom. The number of anilines is 1. The zero-order chi connectivity index (χ0) is 9.26. The minimum atomic E-state index is -0.131. The standard InChI is InChI=1S/C9H10BrNO2/c10-6-1-2-9-8(3-6)11-4-7(5-12)13-9/h1-3,7,11-12H,4-5H2. The van der Waals surface area contributed by atoms with Crippen molar-refractivity contribution in [3.8, 4) is 5.75 Å². The van der Waals surface area contributed by atoms with Crippen LogP contribution in [-0.4, -0.2) is 24.4 Å². The number of ether oxygens (including phenoxy) is 1. The Balaban J connectivity index is 2.26. The fraction of sp³-hybridized carbons (Fsp3) is 0.333. The van der Waals surface area contributed by atoms with Crippen LogP contribution in [0.15, 0.2) is 22.7 Å². The van der Waals surface area contributed by atoms with Crippen molar-refractivity contribution in [3.05, 3.63) is 22.7 Å². The van der Waals surface area contributed by atoms with Crippen LogP contribution in [0.2, 0.25) is 0 Å². The maximum absolute atomic E-state index is 8.90. The van der Waals surface area contributed by atoms with Gasteiger partial charge >= 0.3 is 0 Å². The van der Waals surface area contributed by atoms with Crippen molar-refractivity contribution in [3.63, 3.8) is 0 Å². The van der Waals surface area contributed by atoms with Crippen LogP contribution in [0, 0.1) is 0 Å². The van der Waals surface area contributed by atoms with Crippen LogP contribution in [0.4, 0.5) is 5.69 Å². The Kier molecular flexibility index (Phi) is 2.42. The molecule has 0 bridgehead atoms. The van der Waals surface area contributed by atoms with Gasteiger partial charge in [-0.05, 0) is 18.2 Å². The second kappa shape index (κ2) is 3.55. The molecule has 70 valence electrons. The van der Waals surface area contributed by atoms with Crippen molar-refractivity contribution >= 4 is 21.6 Å². The lowest BCUT2D eigenvalue weighted by atomic mass is 10.2. The van der Waals surface area contributed by atoms with Gasteiger partial charge in [-0.25, -0.2) is 0 Å². The Hall–Kier alpha value is -0.740. The number of hydrogen-bond donors (Lipinski definition) is 2. The van der Waals surface area contributed by atoms with Crippen LogP contribution < -0.4 is 10.1 Å². The van der Waals surface area contributed by atoms with E-state index in [1.54, 1.807) is 0 Å². The summed E-state index contributed by atoms with van der Waals surface area (Å²) in [6, 6.07) is 5.76. The molecule has 4 heteroatoms. The summed E-state index contributed by atoms with van der Waals surface area (Å²) >= 11 is 3.38. The summed E-state index contributed by atoms with van der Waals surface area (Å²) in [5.41, 5.74) is 0.971. The third-order valence-electron chi connectivity index (χ3n) is 1.96. The summed E-state index contributed by atoms with van der Waals surface area (Å²) in [5, 5.41) is 12.1. The van der Waals surface area contributed by atoms with E-state index < -0.39 is 0 Å². The van der Waals surface area contributed by atoms with Crippen molar-refractivity contribution in [2.45, 2.75) is 6.10 Å². The summed E-state index contributed by atoms with van der Waals surface area (Å²) < 4.78 is 6.52. The number of halogens is 1. The summed E-state index contributed by atoms with van der Waals surface area (Å²) in [6.45, 7) is 0.697. The van der Waals surface area contributed by atoms with Gasteiger partial charge in [0.1, 0.15) is 11.9 Å². The van der Waals surface area contributed by atoms with E-state index in [9.17, 15) is 0 Å². The molecule has 0 aliphatic carbocycles. The Bertz CT molecular complexity index is 316. The molecule has 1 aliphatic heterocycles. The average Bonchev–Trinajstić information content (AvgIpc) is 2.17. The molecule has 0 amide bonds. The maximum Gasteiger partial charge on any atom is 0.143 e. The maximum atomic E-state index is 8.90. The second-order valence-electron chi connectivity index (χ2n) is 2.94. The van der Waals surface area contributed by atoms with E-state index >= 15 is 0 Å². The molecule has 1 aliphatic rings. The van der Waals surface area contributed by atoms with Gasteiger partial charge in [-0.15, -0.1) is 0 Å². The molecule has 0 fully saturated rings. The van der Waals surface area contributed by atoms with Crippen molar-refractivity contribution < 1.29 is 9.84 Å². The van der Waals surface area contributed by atoms with Gasteiger partial charge in [0.15, 0.2) is 0 Å². The number of aliphatic hydroxyl groups is 1. The number of aliphatic hydroxyl groups excluding tert-OH is 1. The molecule has 1 unspecified atom stereocenters. The highest BCUT2D eigenvalue weighted by molar-refractivity contribution is 9.10. The number of nitrogens with one attached hydrogen (secondary N) is 1. The molecular weight excluding hydrogens is 234 g/mol. The molecule has 0 aromatic heterocycles. The van der Waals surface area contributed by atoms with Crippen molar-refractivity contribution in [2.75, 3.05) is 18.5 Å². The predicted molar refractivity (Wildman–Crippen MR) is 54.1 cm³/mol. The lowest BCUT2D eigenvalue weighted by Crippen LogP contribution is -2.33. The first-order chi connectivity index (χ1) is 6.29. The van der Waals surface area contributed by atoms with Crippen LogP contribution in [0.1, 0.15) is 0 Å². The normalized spacial score (nSPS) is 20.0. The first kappa shape index (κ1) is 8.84. The first-order valence-electron chi connectivity index (χ1n) is 4.10. The Morgan fingerprint density at radius 3 is 3.23 bits per heavy atom. The highest BCUT2D eigenvalue weighted by atomic mass is 79.9. The highest BCUT2D eigenvalue weighted by Crippen LogP contribution is 2.31. The quantitative estimate of drug-likeness (QED) is 0.788. The van der Waals surface area contributed by atoms with Crippen LogP contribution in [0.25, 0.3) is 0 Å². The average molecular weight is 244 g/mol. The molecule has 0 saturated carbocycles. The van der Waals surface area contributed by atoms with E-state index in [2.05, 4.69) is 21.2 Å². The fourth-order valence-electron chi connectivity index (χ4n) is 1.29. The van der Waals surface area contributed by atoms with Crippen LogP contribution in [0.3, 0.4) is 0 Å². The van der Waals surface area contributed by atoms with Gasteiger partial charge in [-0.3, -0.25) is 0 Å². The van der Waals surface area contributed by atoms with E-state index in [1.165, 1.54) is 0 Å². The van der Waals surface area contributed by atoms with Crippen LogP contribution in [-0.2, 0) is 0 Å². The van der Waals surface area contributed by atoms with Gasteiger partial charge in [-0.1, -0.05) is 15.9 Å². The third-order valence-corrected chi connectivity index (χ3v) is 2.45. The number of benzene rings is 1. The molecule has 13 heavy (non-hydrogen) atoms. The van der Waals surface area contributed by atoms with Crippen molar-refractivity contribution in [1.82, 2.24) is 0 Å². The molecule has 1 aromatic rings. The monoisotopic (exact) mass is 243 g/mol. The van der Waals surface area contributed by atoms with Crippen LogP contribution in [0.5, 0.6) is 5.75 Å². The molecular formula is C9H10BrNO2. The van der Waals surface area contributed by atoms with E-state index in [1.807, 2.05) is 18.2 Å². The molecule has 0 saturated heterocycles. The van der Waals surface area contributed by atoms with Crippen molar-refractivity contribution in [1.29, 1.82) is 0 Å². The lowest BCUT2D eigenvalue weighted by molar-refractivity contribution is 0.120. The van der Waals surface area contributed by atoms with Gasteiger partial charge in [0.05, 0.1) is 18.8 Å². The molecule has 3 nitrogen and oxygen atoms in total. The fourth-order valence-corrected chi connectivity index (χ4v) is 1.65. The smallest absolute Gasteiger partial charge is 0.143 e. The van der Waals surface area contributed by atoms with E-state index in [-0.39, 0.29) is 12.7 Å². The molecule has 0 radical (unpaired) electrons. The Morgan fingerprint density at radius 2 is 2.46 bits per heavy atom. The minimum Gasteiger partial charge on any atom is -0.484 e. The van der Waals surface area contributed by atoms with E-state index in [0.717, 1.165) is 15.9 Å². The van der Waals surface area contributed by atoms with Gasteiger partial charge in [0, 0.05) is 4.47 Å². The molecule has 1 heterocycles. The van der Waals surface area contributed by atoms with Crippen LogP contribution >= 0.6 is 15.9 Å². The molecule has 0 spiro atoms. The second-order valence-corrected chi connectivity index (χ2v) is 3.86. The molecule has 2 N–H and O–H groups in total. The van der Waals surface area contributed by atoms with E-state index in [0.29, 0.717) is 6.54 Å². The summed E-state index contributed by atoms with van der Waals surface area (Å²) in [5.74, 6) is 0.800. The van der Waals surface area contributed by atoms with Gasteiger partial charge in [0.2, 0.25) is 0 Å². The Labute approximate surface area is 84.8 Å². The van der Waals surface area contributed by atoms with Crippen molar-refractivity contribution in [2.24, 2.45) is 0 Å². The lowest BCUT2D eigenvalue weighted by Gasteiger charge is -2.26. The highest BCUT2D eigenvalue weighted by Gasteiger charge is 2.17. The van der Waals surface area contributed by atoms with Gasteiger partial charge in [-0.2, -0.15) is 0 Å². The minimum absolute atomic E-state index is 0.0442. The largest absolute Gasteiger partial charge is 0.484 e. The third kappa shape index (κ3) is 1.78. The predicted octanol–water partition coefficient (Wildman–Crippen LogP) is 1.61. The number of fused-ring (bicyclic) bond motifs is 1. The number of hydrogen-bond acceptors (Lipinski definition) is 3. The number of rotatable bonds is 1.